The third kappa shape index (κ3) is 8.93. The van der Waals surface area contributed by atoms with Gasteiger partial charge in [0.1, 0.15) is 24.0 Å². The molecule has 4 aromatic carbocycles. The van der Waals surface area contributed by atoms with E-state index in [1.807, 2.05) is 73.7 Å². The van der Waals surface area contributed by atoms with Gasteiger partial charge in [0.2, 0.25) is 5.91 Å². The van der Waals surface area contributed by atoms with E-state index in [0.29, 0.717) is 17.7 Å². The maximum atomic E-state index is 13.5. The molecule has 2 N–H and O–H groups in total. The van der Waals surface area contributed by atoms with E-state index in [0.717, 1.165) is 39.1 Å². The third-order valence-corrected chi connectivity index (χ3v) is 8.31. The van der Waals surface area contributed by atoms with Gasteiger partial charge in [-0.05, 0) is 85.7 Å². The van der Waals surface area contributed by atoms with Gasteiger partial charge in [-0.15, -0.1) is 0 Å². The monoisotopic (exact) mass is 662 g/mol. The molecule has 0 heterocycles. The fourth-order valence-electron chi connectivity index (χ4n) is 5.96. The minimum Gasteiger partial charge on any atom is -0.496 e. The summed E-state index contributed by atoms with van der Waals surface area (Å²) in [5.41, 5.74) is 6.24. The number of rotatable bonds is 12. The minimum atomic E-state index is -1.30. The number of alkyl carbamates (subject to hydrolysis) is 1. The van der Waals surface area contributed by atoms with Crippen molar-refractivity contribution in [2.24, 2.45) is 0 Å². The Labute approximate surface area is 287 Å². The molecule has 0 aliphatic heterocycles. The Morgan fingerprint density at radius 1 is 0.837 bits per heavy atom. The number of amides is 2. The van der Waals surface area contributed by atoms with Crippen molar-refractivity contribution in [2.45, 2.75) is 64.5 Å². The Kier molecular flexibility index (Phi) is 10.8. The number of hydrogen-bond donors (Lipinski definition) is 2. The number of methoxy groups -OCH3 is 1. The second-order valence-corrected chi connectivity index (χ2v) is 13.1. The van der Waals surface area contributed by atoms with Crippen LogP contribution in [0.3, 0.4) is 0 Å². The van der Waals surface area contributed by atoms with E-state index in [2.05, 4.69) is 10.6 Å². The molecule has 254 valence electrons. The molecule has 0 bridgehead atoms. The molecule has 1 aliphatic rings. The highest BCUT2D eigenvalue weighted by molar-refractivity contribution is 6.01. The van der Waals surface area contributed by atoms with Crippen LogP contribution in [-0.2, 0) is 25.5 Å². The van der Waals surface area contributed by atoms with Crippen LogP contribution in [0.1, 0.15) is 72.1 Å². The van der Waals surface area contributed by atoms with Gasteiger partial charge in [-0.25, -0.2) is 4.79 Å². The van der Waals surface area contributed by atoms with Gasteiger partial charge in [0.15, 0.2) is 5.78 Å². The molecule has 0 aromatic heterocycles. The number of fused-ring (bicyclic) bond motifs is 3. The molecule has 9 nitrogen and oxygen atoms in total. The van der Waals surface area contributed by atoms with E-state index in [9.17, 15) is 19.2 Å². The Bertz CT molecular complexity index is 1810. The Morgan fingerprint density at radius 2 is 1.51 bits per heavy atom. The van der Waals surface area contributed by atoms with Crippen molar-refractivity contribution < 1.29 is 33.4 Å². The van der Waals surface area contributed by atoms with E-state index in [1.54, 1.807) is 52.1 Å². The van der Waals surface area contributed by atoms with Gasteiger partial charge >= 0.3 is 12.1 Å². The summed E-state index contributed by atoms with van der Waals surface area (Å²) in [4.78, 5) is 52.5. The quantitative estimate of drug-likeness (QED) is 0.120. The van der Waals surface area contributed by atoms with Crippen molar-refractivity contribution in [3.05, 3.63) is 119 Å². The second-order valence-electron chi connectivity index (χ2n) is 13.1. The predicted molar refractivity (Wildman–Crippen MR) is 188 cm³/mol. The number of ether oxygens (including phenoxy) is 3. The fraction of sp³-hybridized carbons (Fsp3) is 0.300. The smallest absolute Gasteiger partial charge is 0.407 e. The van der Waals surface area contributed by atoms with Gasteiger partial charge in [0, 0.05) is 23.6 Å². The van der Waals surface area contributed by atoms with Crippen LogP contribution >= 0.6 is 0 Å². The SMILES string of the molecule is COc1cc(CCC(=O)c2cccc(NC(=O)[C@H](CC(=O)OC(C)(C)C)NC(=O)OCC3c4ccccc4-c4ccccc43)c2)ccc1C. The summed E-state index contributed by atoms with van der Waals surface area (Å²) in [6, 6.07) is 27.1. The molecular weight excluding hydrogens is 620 g/mol. The third-order valence-electron chi connectivity index (χ3n) is 8.31. The van der Waals surface area contributed by atoms with Crippen molar-refractivity contribution in [3.63, 3.8) is 0 Å². The molecule has 0 fully saturated rings. The molecule has 4 aromatic rings. The lowest BCUT2D eigenvalue weighted by atomic mass is 9.98. The number of carbonyl (C=O) groups excluding carboxylic acids is 4. The number of ketones is 1. The summed E-state index contributed by atoms with van der Waals surface area (Å²) in [6.07, 6.45) is -0.490. The number of Topliss-reactive ketones (excluding diaryl/α,β-unsaturated/α-hetero) is 1. The molecule has 5 rings (SSSR count). The average Bonchev–Trinajstić information content (AvgIpc) is 3.39. The number of esters is 1. The maximum absolute atomic E-state index is 13.5. The molecule has 49 heavy (non-hydrogen) atoms. The van der Waals surface area contributed by atoms with Crippen molar-refractivity contribution in [2.75, 3.05) is 19.0 Å². The standard InChI is InChI=1S/C40H42N2O7/c1-25-17-18-26(21-36(25)47-5)19-20-35(43)27-11-10-12-28(22-27)41-38(45)34(23-37(44)49-40(2,3)4)42-39(46)48-24-33-31-15-8-6-13-29(31)30-14-7-9-16-32(30)33/h6-18,21-22,33-34H,19-20,23-24H2,1-5H3,(H,41,45)(H,42,46)/t34-/m0/s1. The highest BCUT2D eigenvalue weighted by atomic mass is 16.6. The van der Waals surface area contributed by atoms with E-state index < -0.39 is 36.0 Å². The maximum Gasteiger partial charge on any atom is 0.407 e. The van der Waals surface area contributed by atoms with Gasteiger partial charge in [-0.3, -0.25) is 14.4 Å². The van der Waals surface area contributed by atoms with Crippen LogP contribution < -0.4 is 15.4 Å². The van der Waals surface area contributed by atoms with Gasteiger partial charge in [0.05, 0.1) is 13.5 Å². The van der Waals surface area contributed by atoms with Crippen molar-refractivity contribution >= 4 is 29.4 Å². The highest BCUT2D eigenvalue weighted by Gasteiger charge is 2.31. The summed E-state index contributed by atoms with van der Waals surface area (Å²) < 4.78 is 16.5. The largest absolute Gasteiger partial charge is 0.496 e. The number of aryl methyl sites for hydroxylation is 2. The molecule has 9 heteroatoms. The van der Waals surface area contributed by atoms with Crippen LogP contribution in [0.2, 0.25) is 0 Å². The van der Waals surface area contributed by atoms with E-state index >= 15 is 0 Å². The van der Waals surface area contributed by atoms with Gasteiger partial charge < -0.3 is 24.8 Å². The number of nitrogens with one attached hydrogen (secondary N) is 2. The summed E-state index contributed by atoms with van der Waals surface area (Å²) in [6.45, 7) is 7.16. The Hall–Kier alpha value is -5.44. The molecule has 0 saturated carbocycles. The van der Waals surface area contributed by atoms with Crippen LogP contribution in [0, 0.1) is 6.92 Å². The van der Waals surface area contributed by atoms with Crippen molar-refractivity contribution in [3.8, 4) is 16.9 Å². The molecule has 0 radical (unpaired) electrons. The molecule has 1 atom stereocenters. The molecule has 1 aliphatic carbocycles. The van der Waals surface area contributed by atoms with Crippen LogP contribution in [0.25, 0.3) is 11.1 Å². The fourth-order valence-corrected chi connectivity index (χ4v) is 5.96. The van der Waals surface area contributed by atoms with E-state index in [-0.39, 0.29) is 24.7 Å². The zero-order chi connectivity index (χ0) is 35.1. The summed E-state index contributed by atoms with van der Waals surface area (Å²) in [5.74, 6) is -0.830. The number of hydrogen-bond acceptors (Lipinski definition) is 7. The van der Waals surface area contributed by atoms with Crippen molar-refractivity contribution in [1.29, 1.82) is 0 Å². The zero-order valence-electron chi connectivity index (χ0n) is 28.5. The van der Waals surface area contributed by atoms with Gasteiger partial charge in [-0.2, -0.15) is 0 Å². The normalized spacial score (nSPS) is 12.7. The topological polar surface area (TPSA) is 120 Å². The molecule has 0 unspecified atom stereocenters. The van der Waals surface area contributed by atoms with Crippen LogP contribution in [0.4, 0.5) is 10.5 Å². The molecular formula is C40H42N2O7. The lowest BCUT2D eigenvalue weighted by Crippen LogP contribution is -2.46. The van der Waals surface area contributed by atoms with E-state index in [1.165, 1.54) is 0 Å². The lowest BCUT2D eigenvalue weighted by Gasteiger charge is -2.23. The molecule has 2 amide bonds. The zero-order valence-corrected chi connectivity index (χ0v) is 28.5. The summed E-state index contributed by atoms with van der Waals surface area (Å²) >= 11 is 0. The number of carbonyl (C=O) groups is 4. The number of benzene rings is 4. The molecule has 0 spiro atoms. The minimum absolute atomic E-state index is 0.0418. The number of anilines is 1. The predicted octanol–water partition coefficient (Wildman–Crippen LogP) is 7.40. The van der Waals surface area contributed by atoms with Gasteiger partial charge in [0.25, 0.3) is 0 Å². The highest BCUT2D eigenvalue weighted by Crippen LogP contribution is 2.44. The first-order valence-corrected chi connectivity index (χ1v) is 16.3. The van der Waals surface area contributed by atoms with E-state index in [4.69, 9.17) is 14.2 Å². The Balaban J connectivity index is 1.25. The van der Waals surface area contributed by atoms with Crippen LogP contribution in [-0.4, -0.2) is 49.1 Å². The Morgan fingerprint density at radius 3 is 2.16 bits per heavy atom. The first kappa shape index (κ1) is 34.9. The van der Waals surface area contributed by atoms with Crippen LogP contribution in [0.5, 0.6) is 5.75 Å². The summed E-state index contributed by atoms with van der Waals surface area (Å²) in [5, 5.41) is 5.31. The average molecular weight is 663 g/mol. The van der Waals surface area contributed by atoms with Gasteiger partial charge in [-0.1, -0.05) is 72.8 Å². The van der Waals surface area contributed by atoms with Crippen molar-refractivity contribution in [1.82, 2.24) is 5.32 Å². The van der Waals surface area contributed by atoms with Crippen LogP contribution in [0.15, 0.2) is 91.0 Å². The first-order valence-electron chi connectivity index (χ1n) is 16.3. The lowest BCUT2D eigenvalue weighted by molar-refractivity contribution is -0.156. The summed E-state index contributed by atoms with van der Waals surface area (Å²) in [7, 11) is 1.61. The first-order chi connectivity index (χ1) is 23.4. The second kappa shape index (κ2) is 15.2. The molecule has 0 saturated heterocycles.